The number of benzene rings is 4. The van der Waals surface area contributed by atoms with E-state index in [9.17, 15) is 5.11 Å². The third kappa shape index (κ3) is 5.77. The second kappa shape index (κ2) is 13.3. The van der Waals surface area contributed by atoms with Crippen molar-refractivity contribution in [1.29, 1.82) is 0 Å². The molecule has 5 heteroatoms. The molecular weight excluding hydrogens is 637 g/mol. The number of aliphatic hydroxyl groups is 1. The Balaban J connectivity index is 1.46. The van der Waals surface area contributed by atoms with Crippen molar-refractivity contribution >= 4 is 46.4 Å². The molecule has 0 fully saturated rings. The van der Waals surface area contributed by atoms with Gasteiger partial charge in [0.15, 0.2) is 0 Å². The summed E-state index contributed by atoms with van der Waals surface area (Å²) in [6.07, 6.45) is 8.52. The smallest absolute Gasteiger partial charge is 0.0787 e. The minimum absolute atomic E-state index is 0.540. The predicted molar refractivity (Wildman–Crippen MR) is 216 cm³/mol. The van der Waals surface area contributed by atoms with E-state index in [-0.39, 0.29) is 0 Å². The first-order valence-corrected chi connectivity index (χ1v) is 17.7. The van der Waals surface area contributed by atoms with Crippen LogP contribution in [0.4, 0.5) is 0 Å². The molecule has 2 aliphatic heterocycles. The molecule has 2 aliphatic rings. The van der Waals surface area contributed by atoms with E-state index in [1.54, 1.807) is 0 Å². The lowest BCUT2D eigenvalue weighted by molar-refractivity contribution is 0.174. The van der Waals surface area contributed by atoms with Crippen molar-refractivity contribution < 1.29 is 5.11 Å². The van der Waals surface area contributed by atoms with Crippen molar-refractivity contribution in [1.82, 2.24) is 19.9 Å². The van der Waals surface area contributed by atoms with E-state index in [1.165, 1.54) is 0 Å². The average Bonchev–Trinajstić information content (AvgIpc) is 4.03. The number of H-pyrrole nitrogens is 2. The molecule has 9 rings (SSSR count). The van der Waals surface area contributed by atoms with Gasteiger partial charge in [-0.05, 0) is 88.9 Å². The van der Waals surface area contributed by atoms with Gasteiger partial charge in [0.2, 0.25) is 0 Å². The standard InChI is InChI=1S/C47H36N4O/c1-2-43(52)34-20-12-19-33(27-34)37-29-36-28-35-21-22-38(48-35)44(30-13-6-3-7-14-30)39-23-24-40(50-39)45(31-15-8-4-9-16-31)41-25-26-42(51-41)46(47(37)49-36)32-17-10-5-11-18-32/h3-29,43,49-50,52H,2H2,1H3. The average molecular weight is 673 g/mol. The van der Waals surface area contributed by atoms with E-state index in [4.69, 9.17) is 9.97 Å². The highest BCUT2D eigenvalue weighted by atomic mass is 16.3. The van der Waals surface area contributed by atoms with E-state index in [0.717, 1.165) is 94.9 Å². The third-order valence-electron chi connectivity index (χ3n) is 9.84. The van der Waals surface area contributed by atoms with Crippen LogP contribution in [0.1, 0.15) is 47.8 Å². The Labute approximate surface area is 302 Å². The number of aliphatic hydroxyl groups excluding tert-OH is 1. The normalized spacial score (nSPS) is 12.7. The molecule has 3 N–H and O–H groups in total. The molecule has 1 unspecified atom stereocenters. The van der Waals surface area contributed by atoms with Crippen molar-refractivity contribution in [3.63, 3.8) is 0 Å². The fourth-order valence-corrected chi connectivity index (χ4v) is 7.33. The first-order valence-electron chi connectivity index (χ1n) is 17.7. The van der Waals surface area contributed by atoms with Gasteiger partial charge in [-0.25, -0.2) is 9.97 Å². The van der Waals surface area contributed by atoms with Crippen molar-refractivity contribution in [2.45, 2.75) is 19.4 Å². The van der Waals surface area contributed by atoms with Crippen LogP contribution in [0, 0.1) is 0 Å². The largest absolute Gasteiger partial charge is 0.388 e. The van der Waals surface area contributed by atoms with Crippen LogP contribution in [0.5, 0.6) is 0 Å². The maximum atomic E-state index is 10.8. The lowest BCUT2D eigenvalue weighted by atomic mass is 9.96. The number of rotatable bonds is 6. The van der Waals surface area contributed by atoms with Gasteiger partial charge >= 0.3 is 0 Å². The van der Waals surface area contributed by atoms with E-state index in [0.29, 0.717) is 6.42 Å². The van der Waals surface area contributed by atoms with Crippen LogP contribution in [0.25, 0.3) is 90.9 Å². The van der Waals surface area contributed by atoms with Crippen LogP contribution in [0.2, 0.25) is 0 Å². The molecular formula is C47H36N4O. The predicted octanol–water partition coefficient (Wildman–Crippen LogP) is 11.8. The van der Waals surface area contributed by atoms with Gasteiger partial charge in [-0.15, -0.1) is 0 Å². The van der Waals surface area contributed by atoms with Crippen molar-refractivity contribution in [2.24, 2.45) is 0 Å². The second-order valence-electron chi connectivity index (χ2n) is 13.2. The van der Waals surface area contributed by atoms with Crippen molar-refractivity contribution in [2.75, 3.05) is 0 Å². The van der Waals surface area contributed by atoms with Gasteiger partial charge in [0.05, 0.1) is 34.4 Å². The number of aromatic nitrogens is 4. The fraction of sp³-hybridized carbons (Fsp3) is 0.0638. The molecule has 3 aromatic heterocycles. The first-order chi connectivity index (χ1) is 25.6. The molecule has 5 nitrogen and oxygen atoms in total. The molecule has 4 aromatic carbocycles. The molecule has 0 saturated heterocycles. The van der Waals surface area contributed by atoms with Crippen molar-refractivity contribution in [3.05, 3.63) is 168 Å². The lowest BCUT2D eigenvalue weighted by Gasteiger charge is -2.11. The highest BCUT2D eigenvalue weighted by Crippen LogP contribution is 2.39. The number of hydrogen-bond donors (Lipinski definition) is 3. The number of aromatic amines is 2. The summed E-state index contributed by atoms with van der Waals surface area (Å²) in [7, 11) is 0. The van der Waals surface area contributed by atoms with Crippen LogP contribution in [-0.2, 0) is 0 Å². The Morgan fingerprint density at radius 2 is 1.06 bits per heavy atom. The van der Waals surface area contributed by atoms with Crippen LogP contribution in [0.3, 0.4) is 0 Å². The molecule has 0 radical (unpaired) electrons. The van der Waals surface area contributed by atoms with Gasteiger partial charge in [0, 0.05) is 38.8 Å². The minimum Gasteiger partial charge on any atom is -0.388 e. The summed E-state index contributed by atoms with van der Waals surface area (Å²) < 4.78 is 0. The Bertz CT molecular complexity index is 2670. The number of nitrogens with one attached hydrogen (secondary N) is 2. The zero-order chi connectivity index (χ0) is 35.0. The summed E-state index contributed by atoms with van der Waals surface area (Å²) >= 11 is 0. The van der Waals surface area contributed by atoms with Crippen LogP contribution >= 0.6 is 0 Å². The van der Waals surface area contributed by atoms with E-state index in [2.05, 4.69) is 143 Å². The molecule has 0 aliphatic carbocycles. The fourth-order valence-electron chi connectivity index (χ4n) is 7.33. The zero-order valence-corrected chi connectivity index (χ0v) is 28.7. The highest BCUT2D eigenvalue weighted by molar-refractivity contribution is 6.01. The first kappa shape index (κ1) is 31.4. The highest BCUT2D eigenvalue weighted by Gasteiger charge is 2.19. The quantitative estimate of drug-likeness (QED) is 0.164. The van der Waals surface area contributed by atoms with E-state index < -0.39 is 6.10 Å². The molecule has 1 atom stereocenters. The molecule has 7 aromatic rings. The van der Waals surface area contributed by atoms with Crippen LogP contribution in [0.15, 0.2) is 140 Å². The van der Waals surface area contributed by atoms with Crippen LogP contribution in [-0.4, -0.2) is 25.0 Å². The van der Waals surface area contributed by atoms with Crippen LogP contribution < -0.4 is 0 Å². The van der Waals surface area contributed by atoms with Gasteiger partial charge in [-0.2, -0.15) is 0 Å². The molecule has 0 saturated carbocycles. The summed E-state index contributed by atoms with van der Waals surface area (Å²) in [5, 5.41) is 10.8. The number of nitrogens with zero attached hydrogens (tertiary/aromatic N) is 2. The molecule has 0 amide bonds. The topological polar surface area (TPSA) is 77.6 Å². The molecule has 0 spiro atoms. The summed E-state index contributed by atoms with van der Waals surface area (Å²) in [6.45, 7) is 2.00. The summed E-state index contributed by atoms with van der Waals surface area (Å²) in [6, 6.07) is 48.2. The lowest BCUT2D eigenvalue weighted by Crippen LogP contribution is -1.95. The minimum atomic E-state index is -0.540. The van der Waals surface area contributed by atoms with Gasteiger partial charge in [0.1, 0.15) is 0 Å². The molecule has 8 bridgehead atoms. The molecule has 52 heavy (non-hydrogen) atoms. The summed E-state index contributed by atoms with van der Waals surface area (Å²) in [5.41, 5.74) is 16.5. The number of fused-ring (bicyclic) bond motifs is 8. The maximum absolute atomic E-state index is 10.8. The Kier molecular flexibility index (Phi) is 8.03. The molecule has 5 heterocycles. The van der Waals surface area contributed by atoms with Gasteiger partial charge < -0.3 is 15.1 Å². The maximum Gasteiger partial charge on any atom is 0.0787 e. The Morgan fingerprint density at radius 3 is 1.67 bits per heavy atom. The SMILES string of the molecule is CCC(O)c1cccc(-c2cc3cc4nc(c(-c5ccccc5)c5ccc([nH]5)c(-c5ccccc5)c5nc(c(-c6ccccc6)c2[nH]3)C=C5)C=C4)c1. The van der Waals surface area contributed by atoms with E-state index >= 15 is 0 Å². The van der Waals surface area contributed by atoms with E-state index in [1.807, 2.05) is 37.3 Å². The van der Waals surface area contributed by atoms with Crippen molar-refractivity contribution in [3.8, 4) is 44.5 Å². The Hall–Kier alpha value is -6.56. The zero-order valence-electron chi connectivity index (χ0n) is 28.7. The third-order valence-corrected chi connectivity index (χ3v) is 9.84. The monoisotopic (exact) mass is 672 g/mol. The molecule has 250 valence electrons. The second-order valence-corrected chi connectivity index (χ2v) is 13.2. The van der Waals surface area contributed by atoms with Gasteiger partial charge in [-0.1, -0.05) is 116 Å². The Morgan fingerprint density at radius 1 is 0.519 bits per heavy atom. The summed E-state index contributed by atoms with van der Waals surface area (Å²) in [5.74, 6) is 0. The number of hydrogen-bond acceptors (Lipinski definition) is 3. The van der Waals surface area contributed by atoms with Gasteiger partial charge in [0.25, 0.3) is 0 Å². The van der Waals surface area contributed by atoms with Gasteiger partial charge in [-0.3, -0.25) is 0 Å². The summed E-state index contributed by atoms with van der Waals surface area (Å²) in [4.78, 5) is 18.2.